The Balaban J connectivity index is 2.44. The second kappa shape index (κ2) is 4.05. The first-order valence-electron chi connectivity index (χ1n) is 4.50. The highest BCUT2D eigenvalue weighted by Gasteiger charge is 2.38. The van der Waals surface area contributed by atoms with E-state index in [1.165, 1.54) is 0 Å². The Labute approximate surface area is 97.0 Å². The van der Waals surface area contributed by atoms with Crippen LogP contribution < -0.4 is 0 Å². The zero-order chi connectivity index (χ0) is 13.3. The fourth-order valence-electron chi connectivity index (χ4n) is 1.25. The predicted molar refractivity (Wildman–Crippen MR) is 50.8 cm³/mol. The average Bonchev–Trinajstić information content (AvgIpc) is 2.77. The largest absolute Gasteiger partial charge is 0.453 e. The molecular formula is C8H4F3N5O2. The summed E-state index contributed by atoms with van der Waals surface area (Å²) in [6, 6.07) is 4.39. The maximum absolute atomic E-state index is 12.5. The highest BCUT2D eigenvalue weighted by atomic mass is 19.4. The molecule has 0 radical (unpaired) electrons. The number of nitrogens with zero attached hydrogens (tertiary/aromatic N) is 5. The van der Waals surface area contributed by atoms with Crippen molar-refractivity contribution >= 4 is 5.69 Å². The van der Waals surface area contributed by atoms with Gasteiger partial charge in [0, 0.05) is 12.1 Å². The van der Waals surface area contributed by atoms with Crippen LogP contribution in [0.4, 0.5) is 18.9 Å². The Morgan fingerprint density at radius 3 is 2.33 bits per heavy atom. The van der Waals surface area contributed by atoms with Gasteiger partial charge in [-0.25, -0.2) is 0 Å². The number of nitro benzene ring substituents is 1. The molecule has 2 aromatic rings. The van der Waals surface area contributed by atoms with Crippen LogP contribution in [-0.2, 0) is 6.18 Å². The van der Waals surface area contributed by atoms with Crippen LogP contribution in [0.1, 0.15) is 5.82 Å². The fourth-order valence-corrected chi connectivity index (χ4v) is 1.25. The smallest absolute Gasteiger partial charge is 0.258 e. The monoisotopic (exact) mass is 259 g/mol. The summed E-state index contributed by atoms with van der Waals surface area (Å²) in [4.78, 5) is 9.74. The molecule has 0 saturated heterocycles. The maximum atomic E-state index is 12.5. The van der Waals surface area contributed by atoms with Crippen LogP contribution in [0.3, 0.4) is 0 Å². The van der Waals surface area contributed by atoms with E-state index in [-0.39, 0.29) is 11.4 Å². The van der Waals surface area contributed by atoms with Gasteiger partial charge in [-0.15, -0.1) is 5.10 Å². The molecule has 0 atom stereocenters. The lowest BCUT2D eigenvalue weighted by Crippen LogP contribution is -2.14. The lowest BCUT2D eigenvalue weighted by atomic mass is 10.3. The summed E-state index contributed by atoms with van der Waals surface area (Å²) in [5.74, 6) is -1.30. The van der Waals surface area contributed by atoms with Crippen molar-refractivity contribution in [1.82, 2.24) is 20.2 Å². The van der Waals surface area contributed by atoms with Gasteiger partial charge in [0.2, 0.25) is 0 Å². The topological polar surface area (TPSA) is 86.7 Å². The van der Waals surface area contributed by atoms with E-state index < -0.39 is 16.9 Å². The predicted octanol–water partition coefficient (Wildman–Crippen LogP) is 1.59. The van der Waals surface area contributed by atoms with Crippen molar-refractivity contribution in [2.24, 2.45) is 0 Å². The van der Waals surface area contributed by atoms with E-state index in [9.17, 15) is 23.3 Å². The number of aromatic nitrogens is 4. The minimum Gasteiger partial charge on any atom is -0.258 e. The number of alkyl halides is 3. The van der Waals surface area contributed by atoms with Gasteiger partial charge < -0.3 is 0 Å². The van der Waals surface area contributed by atoms with Gasteiger partial charge in [-0.1, -0.05) is 0 Å². The van der Waals surface area contributed by atoms with Gasteiger partial charge in [-0.05, 0) is 22.6 Å². The van der Waals surface area contributed by atoms with Crippen molar-refractivity contribution in [2.45, 2.75) is 6.18 Å². The molecule has 0 fully saturated rings. The van der Waals surface area contributed by atoms with Gasteiger partial charge in [0.15, 0.2) is 0 Å². The quantitative estimate of drug-likeness (QED) is 0.603. The lowest BCUT2D eigenvalue weighted by molar-refractivity contribution is -0.384. The number of hydrogen-bond donors (Lipinski definition) is 0. The van der Waals surface area contributed by atoms with Crippen LogP contribution in [0, 0.1) is 10.1 Å². The van der Waals surface area contributed by atoms with Crippen LogP contribution in [-0.4, -0.2) is 25.1 Å². The van der Waals surface area contributed by atoms with Gasteiger partial charge in [0.05, 0.1) is 10.6 Å². The Bertz CT molecular complexity index is 577. The van der Waals surface area contributed by atoms with Gasteiger partial charge >= 0.3 is 6.18 Å². The Hall–Kier alpha value is -2.52. The van der Waals surface area contributed by atoms with Crippen molar-refractivity contribution in [3.63, 3.8) is 0 Å². The van der Waals surface area contributed by atoms with E-state index in [0.29, 0.717) is 4.68 Å². The first kappa shape index (κ1) is 12.0. The summed E-state index contributed by atoms with van der Waals surface area (Å²) in [6.45, 7) is 0. The molecule has 0 aliphatic rings. The molecule has 7 nitrogen and oxygen atoms in total. The maximum Gasteiger partial charge on any atom is 0.453 e. The fraction of sp³-hybridized carbons (Fsp3) is 0.125. The molecule has 0 aliphatic carbocycles. The molecule has 18 heavy (non-hydrogen) atoms. The number of halogens is 3. The summed E-state index contributed by atoms with van der Waals surface area (Å²) in [7, 11) is 0. The molecule has 0 saturated carbocycles. The average molecular weight is 259 g/mol. The summed E-state index contributed by atoms with van der Waals surface area (Å²) in [6.07, 6.45) is -4.70. The van der Waals surface area contributed by atoms with Crippen LogP contribution >= 0.6 is 0 Å². The van der Waals surface area contributed by atoms with Crippen LogP contribution in [0.5, 0.6) is 0 Å². The number of hydrogen-bond acceptors (Lipinski definition) is 5. The molecule has 94 valence electrons. The van der Waals surface area contributed by atoms with Crippen LogP contribution in [0.25, 0.3) is 5.69 Å². The standard InChI is InChI=1S/C8H4F3N5O2/c9-8(10,11)7-12-13-14-15(7)5-1-3-6(4-2-5)16(17)18/h1-4H. The van der Waals surface area contributed by atoms with Crippen molar-refractivity contribution < 1.29 is 18.1 Å². The summed E-state index contributed by atoms with van der Waals surface area (Å²) >= 11 is 0. The van der Waals surface area contributed by atoms with Crippen LogP contribution in [0.2, 0.25) is 0 Å². The number of benzene rings is 1. The molecule has 0 spiro atoms. The number of tetrazole rings is 1. The normalized spacial score (nSPS) is 11.5. The van der Waals surface area contributed by atoms with Gasteiger partial charge in [-0.3, -0.25) is 10.1 Å². The van der Waals surface area contributed by atoms with Crippen molar-refractivity contribution in [2.75, 3.05) is 0 Å². The van der Waals surface area contributed by atoms with E-state index >= 15 is 0 Å². The van der Waals surface area contributed by atoms with Crippen molar-refractivity contribution in [1.29, 1.82) is 0 Å². The molecule has 2 rings (SSSR count). The van der Waals surface area contributed by atoms with E-state index in [4.69, 9.17) is 0 Å². The third kappa shape index (κ3) is 2.12. The summed E-state index contributed by atoms with van der Waals surface area (Å²) < 4.78 is 38.0. The van der Waals surface area contributed by atoms with Gasteiger partial charge in [0.1, 0.15) is 0 Å². The molecule has 0 amide bonds. The third-order valence-electron chi connectivity index (χ3n) is 2.03. The van der Waals surface area contributed by atoms with Crippen molar-refractivity contribution in [3.05, 3.63) is 40.2 Å². The first-order chi connectivity index (χ1) is 8.39. The SMILES string of the molecule is O=[N+]([O-])c1ccc(-n2nnnc2C(F)(F)F)cc1. The summed E-state index contributed by atoms with van der Waals surface area (Å²) in [5, 5.41) is 19.4. The van der Waals surface area contributed by atoms with E-state index in [1.807, 2.05) is 0 Å². The molecule has 0 unspecified atom stereocenters. The van der Waals surface area contributed by atoms with Gasteiger partial charge in [0.25, 0.3) is 11.5 Å². The minimum atomic E-state index is -4.70. The number of rotatable bonds is 2. The second-order valence-electron chi connectivity index (χ2n) is 3.19. The molecular weight excluding hydrogens is 255 g/mol. The van der Waals surface area contributed by atoms with Gasteiger partial charge in [-0.2, -0.15) is 17.9 Å². The van der Waals surface area contributed by atoms with Crippen LogP contribution in [0.15, 0.2) is 24.3 Å². The third-order valence-corrected chi connectivity index (χ3v) is 2.03. The Kier molecular flexibility index (Phi) is 2.69. The molecule has 0 N–H and O–H groups in total. The molecule has 10 heteroatoms. The van der Waals surface area contributed by atoms with E-state index in [2.05, 4.69) is 15.5 Å². The second-order valence-corrected chi connectivity index (χ2v) is 3.19. The number of non-ortho nitro benzene ring substituents is 1. The summed E-state index contributed by atoms with van der Waals surface area (Å²) in [5.41, 5.74) is -0.252. The zero-order valence-corrected chi connectivity index (χ0v) is 8.50. The molecule has 1 aromatic carbocycles. The lowest BCUT2D eigenvalue weighted by Gasteiger charge is -2.06. The zero-order valence-electron chi connectivity index (χ0n) is 8.50. The molecule has 0 bridgehead atoms. The van der Waals surface area contributed by atoms with E-state index in [1.54, 1.807) is 0 Å². The Morgan fingerprint density at radius 1 is 1.22 bits per heavy atom. The molecule has 0 aliphatic heterocycles. The number of nitro groups is 1. The Morgan fingerprint density at radius 2 is 1.83 bits per heavy atom. The van der Waals surface area contributed by atoms with Crippen molar-refractivity contribution in [3.8, 4) is 5.69 Å². The minimum absolute atomic E-state index is 0.0158. The molecule has 1 heterocycles. The van der Waals surface area contributed by atoms with E-state index in [0.717, 1.165) is 24.3 Å². The molecule has 1 aromatic heterocycles. The first-order valence-corrected chi connectivity index (χ1v) is 4.50. The highest BCUT2D eigenvalue weighted by molar-refractivity contribution is 5.40. The highest BCUT2D eigenvalue weighted by Crippen LogP contribution is 2.28.